The van der Waals surface area contributed by atoms with Crippen LogP contribution in [-0.2, 0) is 14.3 Å². The molecule has 7 nitrogen and oxygen atoms in total. The zero-order chi connectivity index (χ0) is 17.6. The van der Waals surface area contributed by atoms with Crippen LogP contribution in [0.3, 0.4) is 0 Å². The van der Waals surface area contributed by atoms with Gasteiger partial charge >= 0.3 is 12.0 Å². The zero-order valence-corrected chi connectivity index (χ0v) is 14.4. The van der Waals surface area contributed by atoms with Crippen molar-refractivity contribution in [1.29, 1.82) is 0 Å². The van der Waals surface area contributed by atoms with E-state index in [4.69, 9.17) is 9.47 Å². The lowest BCUT2D eigenvalue weighted by Gasteiger charge is -2.31. The average molecular weight is 348 g/mol. The van der Waals surface area contributed by atoms with E-state index in [1.165, 1.54) is 20.0 Å². The highest BCUT2D eigenvalue weighted by molar-refractivity contribution is 5.90. The van der Waals surface area contributed by atoms with Gasteiger partial charge in [0.05, 0.1) is 26.4 Å². The molecule has 1 unspecified atom stereocenters. The van der Waals surface area contributed by atoms with Crippen LogP contribution < -0.4 is 10.1 Å². The molecule has 25 heavy (non-hydrogen) atoms. The summed E-state index contributed by atoms with van der Waals surface area (Å²) in [7, 11) is 1.31. The van der Waals surface area contributed by atoms with Crippen LogP contribution in [0.25, 0.3) is 0 Å². The van der Waals surface area contributed by atoms with Gasteiger partial charge in [-0.3, -0.25) is 0 Å². The first-order chi connectivity index (χ1) is 12.2. The molecule has 7 heteroatoms. The van der Waals surface area contributed by atoms with Crippen molar-refractivity contribution in [1.82, 2.24) is 4.90 Å². The summed E-state index contributed by atoms with van der Waals surface area (Å²) in [5.41, 5.74) is 0.685. The largest absolute Gasteiger partial charge is 0.490 e. The molecule has 0 spiro atoms. The van der Waals surface area contributed by atoms with E-state index in [0.717, 1.165) is 18.6 Å². The third-order valence-corrected chi connectivity index (χ3v) is 4.53. The van der Waals surface area contributed by atoms with Gasteiger partial charge in [-0.2, -0.15) is 0 Å². The van der Waals surface area contributed by atoms with Gasteiger partial charge in [-0.15, -0.1) is 0 Å². The number of anilines is 1. The molecule has 1 saturated carbocycles. The molecule has 1 saturated heterocycles. The van der Waals surface area contributed by atoms with Crippen LogP contribution in [0.5, 0.6) is 5.75 Å². The number of nitrogens with zero attached hydrogens (tertiary/aromatic N) is 1. The fraction of sp³-hybridized carbons (Fsp3) is 0.556. The first-order valence-electron chi connectivity index (χ1n) is 8.68. The summed E-state index contributed by atoms with van der Waals surface area (Å²) in [5, 5.41) is 2.83. The van der Waals surface area contributed by atoms with Gasteiger partial charge in [0.25, 0.3) is 0 Å². The topological polar surface area (TPSA) is 77.1 Å². The van der Waals surface area contributed by atoms with Gasteiger partial charge < -0.3 is 24.4 Å². The van der Waals surface area contributed by atoms with Crippen LogP contribution in [0.4, 0.5) is 10.5 Å². The van der Waals surface area contributed by atoms with E-state index in [2.05, 4.69) is 10.1 Å². The number of morpholine rings is 1. The highest BCUT2D eigenvalue weighted by Gasteiger charge is 2.30. The third kappa shape index (κ3) is 4.63. The molecule has 0 bridgehead atoms. The zero-order valence-electron chi connectivity index (χ0n) is 14.4. The molecule has 3 rings (SSSR count). The molecule has 1 aliphatic heterocycles. The number of esters is 1. The summed E-state index contributed by atoms with van der Waals surface area (Å²) in [6, 6.07) is 7.11. The minimum absolute atomic E-state index is 0.182. The van der Waals surface area contributed by atoms with Crippen LogP contribution in [0.2, 0.25) is 0 Å². The van der Waals surface area contributed by atoms with Crippen molar-refractivity contribution in [3.63, 3.8) is 0 Å². The highest BCUT2D eigenvalue weighted by Crippen LogP contribution is 2.25. The Kier molecular flexibility index (Phi) is 5.75. The Labute approximate surface area is 147 Å². The quantitative estimate of drug-likeness (QED) is 0.846. The van der Waals surface area contributed by atoms with Crippen molar-refractivity contribution in [2.75, 3.05) is 32.1 Å². The van der Waals surface area contributed by atoms with Crippen LogP contribution in [0, 0.1) is 0 Å². The Morgan fingerprint density at radius 2 is 1.92 bits per heavy atom. The normalized spacial score (nSPS) is 21.0. The van der Waals surface area contributed by atoms with E-state index >= 15 is 0 Å². The summed E-state index contributed by atoms with van der Waals surface area (Å²) < 4.78 is 15.9. The number of nitrogens with one attached hydrogen (secondary N) is 1. The molecule has 2 fully saturated rings. The second-order valence-corrected chi connectivity index (χ2v) is 6.31. The van der Waals surface area contributed by atoms with Crippen LogP contribution >= 0.6 is 0 Å². The molecular weight excluding hydrogens is 324 g/mol. The molecule has 1 aliphatic carbocycles. The fourth-order valence-corrected chi connectivity index (χ4v) is 3.13. The lowest BCUT2D eigenvalue weighted by atomic mass is 10.2. The Bertz CT molecular complexity index is 598. The molecule has 1 N–H and O–H groups in total. The van der Waals surface area contributed by atoms with E-state index in [1.54, 1.807) is 4.90 Å². The van der Waals surface area contributed by atoms with Crippen molar-refractivity contribution in [2.24, 2.45) is 0 Å². The van der Waals surface area contributed by atoms with E-state index in [9.17, 15) is 9.59 Å². The van der Waals surface area contributed by atoms with Gasteiger partial charge in [-0.25, -0.2) is 9.59 Å². The Morgan fingerprint density at radius 3 is 2.60 bits per heavy atom. The number of urea groups is 1. The monoisotopic (exact) mass is 348 g/mol. The number of methoxy groups -OCH3 is 1. The second-order valence-electron chi connectivity index (χ2n) is 6.31. The fourth-order valence-electron chi connectivity index (χ4n) is 3.13. The van der Waals surface area contributed by atoms with Crippen molar-refractivity contribution >= 4 is 17.7 Å². The summed E-state index contributed by atoms with van der Waals surface area (Å²) in [6.07, 6.45) is 4.25. The number of hydrogen-bond acceptors (Lipinski definition) is 5. The molecule has 0 radical (unpaired) electrons. The SMILES string of the molecule is COC(=O)C1CN(C(=O)Nc2ccc(OC3CCCC3)cc2)CCO1. The summed E-state index contributed by atoms with van der Waals surface area (Å²) in [4.78, 5) is 25.5. The summed E-state index contributed by atoms with van der Waals surface area (Å²) >= 11 is 0. The number of hydrogen-bond donors (Lipinski definition) is 1. The van der Waals surface area contributed by atoms with Gasteiger partial charge in [0, 0.05) is 12.2 Å². The van der Waals surface area contributed by atoms with Crippen LogP contribution in [-0.4, -0.2) is 55.9 Å². The first-order valence-corrected chi connectivity index (χ1v) is 8.68. The maximum atomic E-state index is 12.4. The average Bonchev–Trinajstić information content (AvgIpc) is 3.16. The molecule has 136 valence electrons. The number of rotatable bonds is 4. The number of carbonyl (C=O) groups is 2. The Morgan fingerprint density at radius 1 is 1.20 bits per heavy atom. The van der Waals surface area contributed by atoms with Crippen molar-refractivity contribution in [3.8, 4) is 5.75 Å². The number of ether oxygens (including phenoxy) is 3. The molecule has 1 atom stereocenters. The van der Waals surface area contributed by atoms with E-state index < -0.39 is 12.1 Å². The number of carbonyl (C=O) groups excluding carboxylic acids is 2. The second kappa shape index (κ2) is 8.20. The van der Waals surface area contributed by atoms with Crippen LogP contribution in [0.15, 0.2) is 24.3 Å². The van der Waals surface area contributed by atoms with Gasteiger partial charge in [-0.05, 0) is 49.9 Å². The molecular formula is C18H24N2O5. The van der Waals surface area contributed by atoms with E-state index in [0.29, 0.717) is 24.9 Å². The summed E-state index contributed by atoms with van der Waals surface area (Å²) in [6.45, 7) is 0.922. The van der Waals surface area contributed by atoms with Gasteiger partial charge in [0.15, 0.2) is 6.10 Å². The number of benzene rings is 1. The predicted octanol–water partition coefficient (Wildman–Crippen LogP) is 2.41. The van der Waals surface area contributed by atoms with Gasteiger partial charge in [0.2, 0.25) is 0 Å². The number of amides is 2. The van der Waals surface area contributed by atoms with Gasteiger partial charge in [0.1, 0.15) is 5.75 Å². The first kappa shape index (κ1) is 17.5. The van der Waals surface area contributed by atoms with E-state index in [1.807, 2.05) is 24.3 Å². The molecule has 0 aromatic heterocycles. The molecule has 1 aromatic rings. The maximum Gasteiger partial charge on any atom is 0.336 e. The van der Waals surface area contributed by atoms with Gasteiger partial charge in [-0.1, -0.05) is 0 Å². The van der Waals surface area contributed by atoms with Crippen LogP contribution in [0.1, 0.15) is 25.7 Å². The summed E-state index contributed by atoms with van der Waals surface area (Å²) in [5.74, 6) is 0.355. The lowest BCUT2D eigenvalue weighted by Crippen LogP contribution is -2.50. The van der Waals surface area contributed by atoms with E-state index in [-0.39, 0.29) is 12.6 Å². The third-order valence-electron chi connectivity index (χ3n) is 4.53. The highest BCUT2D eigenvalue weighted by atomic mass is 16.6. The molecule has 1 heterocycles. The molecule has 2 amide bonds. The predicted molar refractivity (Wildman–Crippen MR) is 91.7 cm³/mol. The molecule has 2 aliphatic rings. The molecule has 1 aromatic carbocycles. The minimum Gasteiger partial charge on any atom is -0.490 e. The standard InChI is InChI=1S/C18H24N2O5/c1-23-17(21)16-12-20(10-11-24-16)18(22)19-13-6-8-15(9-7-13)25-14-4-2-3-5-14/h6-9,14,16H,2-5,10-12H2,1H3,(H,19,22). The maximum absolute atomic E-state index is 12.4. The van der Waals surface area contributed by atoms with Crippen molar-refractivity contribution in [3.05, 3.63) is 24.3 Å². The Balaban J connectivity index is 1.52. The van der Waals surface area contributed by atoms with Crippen molar-refractivity contribution in [2.45, 2.75) is 37.9 Å². The smallest absolute Gasteiger partial charge is 0.336 e. The Hall–Kier alpha value is -2.28. The minimum atomic E-state index is -0.730. The lowest BCUT2D eigenvalue weighted by molar-refractivity contribution is -0.158. The van der Waals surface area contributed by atoms with Crippen molar-refractivity contribution < 1.29 is 23.8 Å².